The topological polar surface area (TPSA) is 116 Å². The first kappa shape index (κ1) is 25.7. The summed E-state index contributed by atoms with van der Waals surface area (Å²) in [5.41, 5.74) is 3.43. The van der Waals surface area contributed by atoms with Crippen molar-refractivity contribution in [3.05, 3.63) is 100 Å². The van der Waals surface area contributed by atoms with Gasteiger partial charge in [0, 0.05) is 11.4 Å². The summed E-state index contributed by atoms with van der Waals surface area (Å²) in [6.45, 7) is 3.71. The lowest BCUT2D eigenvalue weighted by Gasteiger charge is -2.28. The Morgan fingerprint density at radius 2 is 1.92 bits per heavy atom. The molecule has 0 radical (unpaired) electrons. The number of thioether (sulfide) groups is 1. The third-order valence-electron chi connectivity index (χ3n) is 5.72. The van der Waals surface area contributed by atoms with Crippen molar-refractivity contribution in [2.75, 3.05) is 23.5 Å². The maximum absolute atomic E-state index is 13.5. The molecule has 9 heteroatoms. The van der Waals surface area contributed by atoms with E-state index in [0.29, 0.717) is 44.8 Å². The van der Waals surface area contributed by atoms with Crippen LogP contribution in [0.4, 0.5) is 11.4 Å². The zero-order valence-electron chi connectivity index (χ0n) is 20.6. The van der Waals surface area contributed by atoms with Crippen molar-refractivity contribution < 1.29 is 18.7 Å². The zero-order chi connectivity index (χ0) is 26.4. The number of nitrogens with one attached hydrogen (secondary N) is 3. The highest BCUT2D eigenvalue weighted by molar-refractivity contribution is 8.03. The fourth-order valence-electron chi connectivity index (χ4n) is 4.06. The minimum atomic E-state index is -0.752. The first-order valence-electron chi connectivity index (χ1n) is 11.5. The number of nitrogens with zero attached hydrogens (tertiary/aromatic N) is 1. The van der Waals surface area contributed by atoms with Crippen molar-refractivity contribution in [2.24, 2.45) is 0 Å². The Labute approximate surface area is 219 Å². The normalized spacial score (nSPS) is 15.0. The van der Waals surface area contributed by atoms with Crippen LogP contribution in [0.2, 0.25) is 0 Å². The van der Waals surface area contributed by atoms with E-state index in [0.717, 1.165) is 5.56 Å². The Bertz CT molecular complexity index is 1420. The standard InChI is InChI=1S/C28H26N4O4S/c1-17-8-6-9-19(14-17)31-24(33)16-37-28-20(15-29)26(23-12-7-13-36-23)25(18(2)30-28)27(34)32-21-10-4-5-11-22(21)35-3/h4-14,26,30H,16H2,1-3H3,(H,31,33)(H,32,34)/t26-/m0/s1. The summed E-state index contributed by atoms with van der Waals surface area (Å²) in [7, 11) is 1.53. The number of aryl methyl sites for hydroxylation is 1. The number of hydrogen-bond donors (Lipinski definition) is 3. The average Bonchev–Trinajstić information content (AvgIpc) is 3.42. The number of hydrogen-bond acceptors (Lipinski definition) is 7. The summed E-state index contributed by atoms with van der Waals surface area (Å²) in [4.78, 5) is 26.1. The molecule has 2 aromatic carbocycles. The van der Waals surface area contributed by atoms with E-state index < -0.39 is 11.8 Å². The Balaban J connectivity index is 1.59. The molecular formula is C28H26N4O4S. The van der Waals surface area contributed by atoms with Crippen molar-refractivity contribution in [1.29, 1.82) is 5.26 Å². The minimum absolute atomic E-state index is 0.0718. The molecule has 0 saturated heterocycles. The number of rotatable bonds is 8. The molecule has 3 aromatic rings. The van der Waals surface area contributed by atoms with Gasteiger partial charge in [-0.15, -0.1) is 0 Å². The molecule has 37 heavy (non-hydrogen) atoms. The summed E-state index contributed by atoms with van der Waals surface area (Å²) < 4.78 is 11.0. The van der Waals surface area contributed by atoms with Crippen molar-refractivity contribution in [3.63, 3.8) is 0 Å². The third kappa shape index (κ3) is 5.88. The maximum Gasteiger partial charge on any atom is 0.254 e. The van der Waals surface area contributed by atoms with Crippen LogP contribution in [0, 0.1) is 18.3 Å². The van der Waals surface area contributed by atoms with E-state index in [9.17, 15) is 14.9 Å². The van der Waals surface area contributed by atoms with Gasteiger partial charge >= 0.3 is 0 Å². The highest BCUT2D eigenvalue weighted by Crippen LogP contribution is 2.41. The lowest BCUT2D eigenvalue weighted by atomic mass is 9.85. The van der Waals surface area contributed by atoms with Gasteiger partial charge in [0.05, 0.1) is 53.0 Å². The van der Waals surface area contributed by atoms with Crippen LogP contribution in [0.25, 0.3) is 0 Å². The van der Waals surface area contributed by atoms with E-state index in [2.05, 4.69) is 22.0 Å². The van der Waals surface area contributed by atoms with Crippen molar-refractivity contribution in [1.82, 2.24) is 5.32 Å². The number of furan rings is 1. The summed E-state index contributed by atoms with van der Waals surface area (Å²) in [5, 5.41) is 19.6. The molecule has 0 spiro atoms. The number of benzene rings is 2. The van der Waals surface area contributed by atoms with Crippen LogP contribution in [0.5, 0.6) is 5.75 Å². The van der Waals surface area contributed by atoms with Crippen LogP contribution in [0.1, 0.15) is 24.2 Å². The zero-order valence-corrected chi connectivity index (χ0v) is 21.4. The van der Waals surface area contributed by atoms with Crippen molar-refractivity contribution in [2.45, 2.75) is 19.8 Å². The van der Waals surface area contributed by atoms with Gasteiger partial charge in [-0.25, -0.2) is 0 Å². The van der Waals surface area contributed by atoms with Crippen molar-refractivity contribution in [3.8, 4) is 11.8 Å². The number of methoxy groups -OCH3 is 1. The molecule has 0 bridgehead atoms. The lowest BCUT2D eigenvalue weighted by molar-refractivity contribution is -0.114. The minimum Gasteiger partial charge on any atom is -0.495 e. The molecule has 0 saturated carbocycles. The van der Waals surface area contributed by atoms with Crippen LogP contribution < -0.4 is 20.7 Å². The summed E-state index contributed by atoms with van der Waals surface area (Å²) in [6, 6.07) is 20.3. The number of anilines is 2. The molecule has 2 amide bonds. The highest BCUT2D eigenvalue weighted by atomic mass is 32.2. The largest absolute Gasteiger partial charge is 0.495 e. The van der Waals surface area contributed by atoms with Crippen LogP contribution >= 0.6 is 11.8 Å². The summed E-state index contributed by atoms with van der Waals surface area (Å²) >= 11 is 1.20. The molecule has 2 heterocycles. The Morgan fingerprint density at radius 1 is 1.11 bits per heavy atom. The fourth-order valence-corrected chi connectivity index (χ4v) is 4.95. The highest BCUT2D eigenvalue weighted by Gasteiger charge is 2.36. The molecule has 3 N–H and O–H groups in total. The lowest BCUT2D eigenvalue weighted by Crippen LogP contribution is -2.31. The number of carbonyl (C=O) groups excluding carboxylic acids is 2. The van der Waals surface area contributed by atoms with Gasteiger partial charge in [0.2, 0.25) is 5.91 Å². The van der Waals surface area contributed by atoms with Crippen LogP contribution in [0.15, 0.2) is 93.2 Å². The molecule has 0 unspecified atom stereocenters. The summed E-state index contributed by atoms with van der Waals surface area (Å²) in [5.74, 6) is -0.326. The Morgan fingerprint density at radius 3 is 2.62 bits per heavy atom. The van der Waals surface area contributed by atoms with Gasteiger partial charge in [-0.3, -0.25) is 9.59 Å². The number of para-hydroxylation sites is 2. The quantitative estimate of drug-likeness (QED) is 0.373. The van der Waals surface area contributed by atoms with Crippen LogP contribution in [-0.4, -0.2) is 24.7 Å². The van der Waals surface area contributed by atoms with E-state index in [1.165, 1.54) is 25.1 Å². The Hall–Kier alpha value is -4.42. The number of allylic oxidation sites excluding steroid dienone is 2. The molecule has 1 aliphatic heterocycles. The third-order valence-corrected chi connectivity index (χ3v) is 6.74. The molecule has 1 aromatic heterocycles. The van der Waals surface area contributed by atoms with Crippen LogP contribution in [0.3, 0.4) is 0 Å². The SMILES string of the molecule is COc1ccccc1NC(=O)C1=C(C)NC(SCC(=O)Nc2cccc(C)c2)=C(C#N)[C@H]1c1ccco1. The van der Waals surface area contributed by atoms with Gasteiger partial charge in [-0.1, -0.05) is 36.0 Å². The molecule has 0 fully saturated rings. The van der Waals surface area contributed by atoms with Crippen LogP contribution in [-0.2, 0) is 9.59 Å². The van der Waals surface area contributed by atoms with Crippen molar-refractivity contribution >= 4 is 35.0 Å². The summed E-state index contributed by atoms with van der Waals surface area (Å²) in [6.07, 6.45) is 1.50. The molecule has 1 atom stereocenters. The van der Waals surface area contributed by atoms with E-state index in [1.54, 1.807) is 37.3 Å². The molecular weight excluding hydrogens is 488 g/mol. The predicted octanol–water partition coefficient (Wildman–Crippen LogP) is 5.30. The molecule has 4 rings (SSSR count). The van der Waals surface area contributed by atoms with E-state index in [1.807, 2.05) is 37.3 Å². The fraction of sp³-hybridized carbons (Fsp3) is 0.179. The van der Waals surface area contributed by atoms with E-state index in [4.69, 9.17) is 9.15 Å². The second-order valence-corrected chi connectivity index (χ2v) is 9.31. The Kier molecular flexibility index (Phi) is 8.01. The number of carbonyl (C=O) groups is 2. The second-order valence-electron chi connectivity index (χ2n) is 8.33. The second kappa shape index (κ2) is 11.5. The van der Waals surface area contributed by atoms with Gasteiger partial charge in [-0.2, -0.15) is 5.26 Å². The van der Waals surface area contributed by atoms with E-state index in [-0.39, 0.29) is 11.7 Å². The molecule has 188 valence electrons. The number of ether oxygens (including phenoxy) is 1. The number of dihydropyridines is 1. The average molecular weight is 515 g/mol. The van der Waals surface area contributed by atoms with Gasteiger partial charge in [-0.05, 0) is 55.8 Å². The van der Waals surface area contributed by atoms with Gasteiger partial charge in [0.1, 0.15) is 11.5 Å². The first-order valence-corrected chi connectivity index (χ1v) is 12.5. The number of nitriles is 1. The molecule has 8 nitrogen and oxygen atoms in total. The predicted molar refractivity (Wildman–Crippen MR) is 144 cm³/mol. The molecule has 0 aliphatic carbocycles. The molecule has 1 aliphatic rings. The van der Waals surface area contributed by atoms with E-state index >= 15 is 0 Å². The first-order chi connectivity index (χ1) is 17.9. The monoisotopic (exact) mass is 514 g/mol. The maximum atomic E-state index is 13.5. The van der Waals surface area contributed by atoms with Gasteiger partial charge in [0.25, 0.3) is 5.91 Å². The van der Waals surface area contributed by atoms with Gasteiger partial charge < -0.3 is 25.1 Å². The van der Waals surface area contributed by atoms with Gasteiger partial charge in [0.15, 0.2) is 0 Å². The number of amides is 2. The smallest absolute Gasteiger partial charge is 0.254 e.